The Balaban J connectivity index is 2.38. The topological polar surface area (TPSA) is 57.5 Å². The van der Waals surface area contributed by atoms with Gasteiger partial charge in [-0.25, -0.2) is 0 Å². The standard InChI is InChI=1S/C12H22O3/c1-2-3-4-5-10-9(8-12(14)15)6-7-11(10)13/h9-11,13H,2-8H2,1H3,(H,14,15)/t9-,10?,11?/m1/s1. The Morgan fingerprint density at radius 2 is 2.07 bits per heavy atom. The maximum Gasteiger partial charge on any atom is 0.303 e. The number of rotatable bonds is 6. The minimum absolute atomic E-state index is 0.203. The molecule has 1 fully saturated rings. The Kier molecular flexibility index (Phi) is 5.09. The monoisotopic (exact) mass is 214 g/mol. The zero-order valence-electron chi connectivity index (χ0n) is 9.48. The van der Waals surface area contributed by atoms with E-state index in [-0.39, 0.29) is 24.4 Å². The van der Waals surface area contributed by atoms with Gasteiger partial charge in [0.1, 0.15) is 0 Å². The average Bonchev–Trinajstić information content (AvgIpc) is 2.49. The SMILES string of the molecule is CCCCCC1C(O)CC[C@@H]1CC(=O)O. The van der Waals surface area contributed by atoms with E-state index >= 15 is 0 Å². The van der Waals surface area contributed by atoms with Crippen LogP contribution in [-0.2, 0) is 4.79 Å². The molecule has 15 heavy (non-hydrogen) atoms. The van der Waals surface area contributed by atoms with Crippen molar-refractivity contribution in [3.63, 3.8) is 0 Å². The van der Waals surface area contributed by atoms with Gasteiger partial charge in [0, 0.05) is 6.42 Å². The quantitative estimate of drug-likeness (QED) is 0.668. The van der Waals surface area contributed by atoms with Crippen LogP contribution in [0.2, 0.25) is 0 Å². The van der Waals surface area contributed by atoms with E-state index in [1.807, 2.05) is 0 Å². The van der Waals surface area contributed by atoms with Gasteiger partial charge in [-0.3, -0.25) is 4.79 Å². The second-order valence-electron chi connectivity index (χ2n) is 4.66. The fraction of sp³-hybridized carbons (Fsp3) is 0.917. The summed E-state index contributed by atoms with van der Waals surface area (Å²) < 4.78 is 0. The van der Waals surface area contributed by atoms with E-state index in [2.05, 4.69) is 6.92 Å². The van der Waals surface area contributed by atoms with Crippen LogP contribution >= 0.6 is 0 Å². The molecule has 1 aliphatic carbocycles. The third-order valence-corrected chi connectivity index (χ3v) is 3.51. The van der Waals surface area contributed by atoms with Gasteiger partial charge in [0.25, 0.3) is 0 Å². The maximum absolute atomic E-state index is 10.7. The Morgan fingerprint density at radius 3 is 2.67 bits per heavy atom. The number of carboxylic acid groups (broad SMARTS) is 1. The molecular formula is C12H22O3. The highest BCUT2D eigenvalue weighted by molar-refractivity contribution is 5.67. The number of hydrogen-bond donors (Lipinski definition) is 2. The molecule has 0 aromatic carbocycles. The second kappa shape index (κ2) is 6.11. The predicted molar refractivity (Wildman–Crippen MR) is 58.6 cm³/mol. The van der Waals surface area contributed by atoms with Crippen LogP contribution in [0.1, 0.15) is 51.9 Å². The lowest BCUT2D eigenvalue weighted by molar-refractivity contribution is -0.138. The van der Waals surface area contributed by atoms with E-state index in [0.29, 0.717) is 0 Å². The molecule has 88 valence electrons. The fourth-order valence-corrected chi connectivity index (χ4v) is 2.66. The van der Waals surface area contributed by atoms with Gasteiger partial charge in [-0.1, -0.05) is 26.2 Å². The zero-order valence-corrected chi connectivity index (χ0v) is 9.48. The van der Waals surface area contributed by atoms with Crippen LogP contribution in [0.4, 0.5) is 0 Å². The van der Waals surface area contributed by atoms with E-state index in [4.69, 9.17) is 5.11 Å². The number of aliphatic hydroxyl groups excluding tert-OH is 1. The lowest BCUT2D eigenvalue weighted by Crippen LogP contribution is -2.21. The van der Waals surface area contributed by atoms with Gasteiger partial charge < -0.3 is 10.2 Å². The van der Waals surface area contributed by atoms with Gasteiger partial charge in [-0.15, -0.1) is 0 Å². The maximum atomic E-state index is 10.7. The normalized spacial score (nSPS) is 30.7. The van der Waals surface area contributed by atoms with E-state index in [0.717, 1.165) is 25.7 Å². The van der Waals surface area contributed by atoms with Crippen molar-refractivity contribution in [3.8, 4) is 0 Å². The largest absolute Gasteiger partial charge is 0.481 e. The zero-order chi connectivity index (χ0) is 11.3. The molecule has 3 nitrogen and oxygen atoms in total. The van der Waals surface area contributed by atoms with Gasteiger partial charge in [-0.05, 0) is 31.1 Å². The molecule has 0 aliphatic heterocycles. The van der Waals surface area contributed by atoms with Crippen molar-refractivity contribution in [2.45, 2.75) is 58.0 Å². The first-order chi connectivity index (χ1) is 7.15. The van der Waals surface area contributed by atoms with Crippen molar-refractivity contribution in [1.82, 2.24) is 0 Å². The molecule has 0 radical (unpaired) electrons. The van der Waals surface area contributed by atoms with Crippen LogP contribution in [0, 0.1) is 11.8 Å². The third-order valence-electron chi connectivity index (χ3n) is 3.51. The van der Waals surface area contributed by atoms with Crippen LogP contribution < -0.4 is 0 Å². The van der Waals surface area contributed by atoms with Crippen molar-refractivity contribution in [2.24, 2.45) is 11.8 Å². The molecule has 1 saturated carbocycles. The summed E-state index contributed by atoms with van der Waals surface area (Å²) in [6, 6.07) is 0. The number of aliphatic carboxylic acids is 1. The fourth-order valence-electron chi connectivity index (χ4n) is 2.66. The lowest BCUT2D eigenvalue weighted by Gasteiger charge is -2.20. The molecule has 1 aliphatic rings. The summed E-state index contributed by atoms with van der Waals surface area (Å²) in [6.07, 6.45) is 6.11. The Morgan fingerprint density at radius 1 is 1.33 bits per heavy atom. The molecule has 2 N–H and O–H groups in total. The highest BCUT2D eigenvalue weighted by Gasteiger charge is 2.35. The van der Waals surface area contributed by atoms with Gasteiger partial charge in [-0.2, -0.15) is 0 Å². The Hall–Kier alpha value is -0.570. The van der Waals surface area contributed by atoms with Crippen LogP contribution in [0.5, 0.6) is 0 Å². The molecule has 0 bridgehead atoms. The molecule has 3 heteroatoms. The summed E-state index contributed by atoms with van der Waals surface area (Å²) in [6.45, 7) is 2.15. The summed E-state index contributed by atoms with van der Waals surface area (Å²) >= 11 is 0. The molecule has 1 rings (SSSR count). The minimum Gasteiger partial charge on any atom is -0.481 e. The predicted octanol–water partition coefficient (Wildman–Crippen LogP) is 2.43. The molecule has 0 saturated heterocycles. The van der Waals surface area contributed by atoms with Crippen molar-refractivity contribution in [3.05, 3.63) is 0 Å². The van der Waals surface area contributed by atoms with E-state index in [1.165, 1.54) is 12.8 Å². The number of carbonyl (C=O) groups is 1. The summed E-state index contributed by atoms with van der Waals surface area (Å²) in [5.74, 6) is -0.295. The average molecular weight is 214 g/mol. The molecule has 0 aromatic rings. The first kappa shape index (κ1) is 12.5. The number of unbranched alkanes of at least 4 members (excludes halogenated alkanes) is 2. The molecule has 2 unspecified atom stereocenters. The molecule has 0 aromatic heterocycles. The summed E-state index contributed by atoms with van der Waals surface area (Å²) in [7, 11) is 0. The van der Waals surface area contributed by atoms with Crippen LogP contribution in [0.15, 0.2) is 0 Å². The van der Waals surface area contributed by atoms with Gasteiger partial charge >= 0.3 is 5.97 Å². The molecule has 0 amide bonds. The van der Waals surface area contributed by atoms with E-state index < -0.39 is 5.97 Å². The lowest BCUT2D eigenvalue weighted by atomic mass is 9.87. The molecule has 0 spiro atoms. The highest BCUT2D eigenvalue weighted by Crippen LogP contribution is 2.37. The second-order valence-corrected chi connectivity index (χ2v) is 4.66. The number of hydrogen-bond acceptors (Lipinski definition) is 2. The van der Waals surface area contributed by atoms with Crippen molar-refractivity contribution in [1.29, 1.82) is 0 Å². The van der Waals surface area contributed by atoms with Crippen LogP contribution in [0.25, 0.3) is 0 Å². The molecule has 3 atom stereocenters. The first-order valence-electron chi connectivity index (χ1n) is 6.05. The number of aliphatic hydroxyl groups is 1. The summed E-state index contributed by atoms with van der Waals surface area (Å²) in [5, 5.41) is 18.5. The third kappa shape index (κ3) is 3.82. The van der Waals surface area contributed by atoms with Crippen molar-refractivity contribution in [2.75, 3.05) is 0 Å². The van der Waals surface area contributed by atoms with Gasteiger partial charge in [0.2, 0.25) is 0 Å². The van der Waals surface area contributed by atoms with Crippen molar-refractivity contribution < 1.29 is 15.0 Å². The van der Waals surface area contributed by atoms with Gasteiger partial charge in [0.05, 0.1) is 6.10 Å². The molecular weight excluding hydrogens is 192 g/mol. The Labute approximate surface area is 91.5 Å². The summed E-state index contributed by atoms with van der Waals surface area (Å²) in [4.78, 5) is 10.7. The van der Waals surface area contributed by atoms with Crippen LogP contribution in [-0.4, -0.2) is 22.3 Å². The summed E-state index contributed by atoms with van der Waals surface area (Å²) in [5.41, 5.74) is 0. The number of carboxylic acids is 1. The minimum atomic E-state index is -0.727. The first-order valence-corrected chi connectivity index (χ1v) is 6.05. The van der Waals surface area contributed by atoms with Gasteiger partial charge in [0.15, 0.2) is 0 Å². The Bertz CT molecular complexity index is 203. The molecule has 0 heterocycles. The van der Waals surface area contributed by atoms with E-state index in [9.17, 15) is 9.90 Å². The van der Waals surface area contributed by atoms with Crippen molar-refractivity contribution >= 4 is 5.97 Å². The highest BCUT2D eigenvalue weighted by atomic mass is 16.4. The van der Waals surface area contributed by atoms with E-state index in [1.54, 1.807) is 0 Å². The van der Waals surface area contributed by atoms with Crippen LogP contribution in [0.3, 0.4) is 0 Å². The smallest absolute Gasteiger partial charge is 0.303 e.